The lowest BCUT2D eigenvalue weighted by atomic mass is 9.98. The molecule has 2 amide bonds. The molecule has 0 saturated carbocycles. The number of thiazole rings is 1. The van der Waals surface area contributed by atoms with Crippen molar-refractivity contribution in [2.75, 3.05) is 11.9 Å². The maximum absolute atomic E-state index is 12.2. The fourth-order valence-electron chi connectivity index (χ4n) is 2.35. The number of carbonyl (C=O) groups excluding carboxylic acids is 2. The topological polar surface area (TPSA) is 84.0 Å². The van der Waals surface area contributed by atoms with Gasteiger partial charge in [0.2, 0.25) is 11.8 Å². The van der Waals surface area contributed by atoms with E-state index in [9.17, 15) is 9.59 Å². The summed E-state index contributed by atoms with van der Waals surface area (Å²) in [6.45, 7) is 2.29. The molecule has 1 atom stereocenters. The minimum Gasteiger partial charge on any atom is -0.355 e. The number of amides is 2. The van der Waals surface area contributed by atoms with Crippen LogP contribution in [0.5, 0.6) is 0 Å². The van der Waals surface area contributed by atoms with Gasteiger partial charge >= 0.3 is 0 Å². The number of nitrogens with one attached hydrogen (secondary N) is 2. The number of pyridine rings is 1. The van der Waals surface area contributed by atoms with Crippen molar-refractivity contribution in [3.8, 4) is 10.6 Å². The molecule has 114 valence electrons. The van der Waals surface area contributed by atoms with E-state index in [4.69, 9.17) is 0 Å². The summed E-state index contributed by atoms with van der Waals surface area (Å²) >= 11 is 1.41. The zero-order valence-corrected chi connectivity index (χ0v) is 12.9. The van der Waals surface area contributed by atoms with Crippen LogP contribution in [-0.4, -0.2) is 28.3 Å². The quantitative estimate of drug-likeness (QED) is 0.907. The van der Waals surface area contributed by atoms with E-state index in [0.717, 1.165) is 16.3 Å². The van der Waals surface area contributed by atoms with Crippen LogP contribution in [0, 0.1) is 12.8 Å². The molecule has 22 heavy (non-hydrogen) atoms. The first-order valence-corrected chi connectivity index (χ1v) is 7.91. The summed E-state index contributed by atoms with van der Waals surface area (Å²) in [6, 6.07) is 5.70. The first-order valence-electron chi connectivity index (χ1n) is 7.10. The van der Waals surface area contributed by atoms with Crippen molar-refractivity contribution < 1.29 is 9.59 Å². The van der Waals surface area contributed by atoms with Crippen LogP contribution in [0.15, 0.2) is 24.4 Å². The van der Waals surface area contributed by atoms with E-state index in [1.54, 1.807) is 6.20 Å². The minimum atomic E-state index is -0.194. The third kappa shape index (κ3) is 3.14. The lowest BCUT2D eigenvalue weighted by molar-refractivity contribution is -0.126. The lowest BCUT2D eigenvalue weighted by Crippen LogP contribution is -2.40. The van der Waals surface area contributed by atoms with Gasteiger partial charge in [0.05, 0.1) is 22.2 Å². The Morgan fingerprint density at radius 3 is 3.00 bits per heavy atom. The van der Waals surface area contributed by atoms with Crippen molar-refractivity contribution >= 4 is 28.3 Å². The Balaban J connectivity index is 1.71. The molecule has 0 radical (unpaired) electrons. The molecule has 7 heteroatoms. The van der Waals surface area contributed by atoms with Crippen LogP contribution in [0.1, 0.15) is 18.5 Å². The fraction of sp³-hybridized carbons (Fsp3) is 0.333. The highest BCUT2D eigenvalue weighted by molar-refractivity contribution is 7.19. The van der Waals surface area contributed by atoms with E-state index in [1.807, 2.05) is 25.1 Å². The second-order valence-electron chi connectivity index (χ2n) is 5.18. The van der Waals surface area contributed by atoms with Crippen LogP contribution in [0.4, 0.5) is 5.13 Å². The summed E-state index contributed by atoms with van der Waals surface area (Å²) in [5.74, 6) is -0.284. The molecule has 3 heterocycles. The van der Waals surface area contributed by atoms with E-state index < -0.39 is 0 Å². The normalized spacial score (nSPS) is 17.9. The molecule has 0 aromatic carbocycles. The smallest absolute Gasteiger partial charge is 0.231 e. The number of piperidine rings is 1. The van der Waals surface area contributed by atoms with Gasteiger partial charge in [-0.2, -0.15) is 0 Å². The van der Waals surface area contributed by atoms with Gasteiger partial charge in [0.1, 0.15) is 0 Å². The molecule has 1 aliphatic heterocycles. The predicted molar refractivity (Wildman–Crippen MR) is 84.4 cm³/mol. The van der Waals surface area contributed by atoms with Crippen LogP contribution >= 0.6 is 11.3 Å². The molecule has 2 N–H and O–H groups in total. The molecule has 1 aliphatic rings. The summed E-state index contributed by atoms with van der Waals surface area (Å²) in [5, 5.41) is 6.13. The molecule has 0 bridgehead atoms. The minimum absolute atomic E-state index is 0.00609. The number of anilines is 1. The van der Waals surface area contributed by atoms with Crippen molar-refractivity contribution in [2.45, 2.75) is 19.8 Å². The number of carbonyl (C=O) groups is 2. The number of aryl methyl sites for hydroxylation is 1. The van der Waals surface area contributed by atoms with Crippen LogP contribution in [0.25, 0.3) is 10.6 Å². The van der Waals surface area contributed by atoms with Crippen molar-refractivity contribution in [3.63, 3.8) is 0 Å². The monoisotopic (exact) mass is 316 g/mol. The summed E-state index contributed by atoms with van der Waals surface area (Å²) in [5.41, 5.74) is 1.69. The largest absolute Gasteiger partial charge is 0.355 e. The van der Waals surface area contributed by atoms with E-state index in [1.165, 1.54) is 11.3 Å². The van der Waals surface area contributed by atoms with Gasteiger partial charge in [-0.1, -0.05) is 17.4 Å². The van der Waals surface area contributed by atoms with Crippen LogP contribution in [0.3, 0.4) is 0 Å². The Morgan fingerprint density at radius 2 is 2.32 bits per heavy atom. The molecule has 2 aromatic heterocycles. The number of hydrogen-bond acceptors (Lipinski definition) is 5. The van der Waals surface area contributed by atoms with Crippen LogP contribution in [-0.2, 0) is 9.59 Å². The van der Waals surface area contributed by atoms with Gasteiger partial charge in [0, 0.05) is 19.2 Å². The van der Waals surface area contributed by atoms with Gasteiger partial charge in [0.25, 0.3) is 0 Å². The van der Waals surface area contributed by atoms with Crippen LogP contribution in [0.2, 0.25) is 0 Å². The molecule has 3 rings (SSSR count). The Kier molecular flexibility index (Phi) is 4.15. The van der Waals surface area contributed by atoms with Crippen molar-refractivity contribution in [2.24, 2.45) is 5.92 Å². The zero-order valence-electron chi connectivity index (χ0n) is 12.1. The SMILES string of the molecule is Cc1nc(NC(=O)C2CCC(=O)NC2)sc1-c1ccccn1. The second-order valence-corrected chi connectivity index (χ2v) is 6.18. The van der Waals surface area contributed by atoms with Gasteiger partial charge in [-0.05, 0) is 25.5 Å². The second kappa shape index (κ2) is 6.23. The Hall–Kier alpha value is -2.28. The molecule has 6 nitrogen and oxygen atoms in total. The Bertz CT molecular complexity index is 689. The molecule has 0 aliphatic carbocycles. The predicted octanol–water partition coefficient (Wildman–Crippen LogP) is 1.98. The average molecular weight is 316 g/mol. The first kappa shape index (κ1) is 14.6. The highest BCUT2D eigenvalue weighted by atomic mass is 32.1. The summed E-state index contributed by atoms with van der Waals surface area (Å²) in [6.07, 6.45) is 2.71. The molecule has 1 unspecified atom stereocenters. The van der Waals surface area contributed by atoms with Gasteiger partial charge in [-0.3, -0.25) is 14.6 Å². The third-order valence-corrected chi connectivity index (χ3v) is 4.66. The fourth-order valence-corrected chi connectivity index (χ4v) is 3.29. The van der Waals surface area contributed by atoms with E-state index in [2.05, 4.69) is 20.6 Å². The highest BCUT2D eigenvalue weighted by Crippen LogP contribution is 2.31. The third-order valence-electron chi connectivity index (χ3n) is 3.56. The summed E-state index contributed by atoms with van der Waals surface area (Å²) in [4.78, 5) is 33.0. The number of aromatic nitrogens is 2. The Labute approximate surface area is 132 Å². The zero-order chi connectivity index (χ0) is 15.5. The average Bonchev–Trinajstić information content (AvgIpc) is 2.89. The number of hydrogen-bond donors (Lipinski definition) is 2. The summed E-state index contributed by atoms with van der Waals surface area (Å²) in [7, 11) is 0. The van der Waals surface area contributed by atoms with Gasteiger partial charge in [0.15, 0.2) is 5.13 Å². The van der Waals surface area contributed by atoms with Gasteiger partial charge in [-0.25, -0.2) is 4.98 Å². The maximum atomic E-state index is 12.2. The van der Waals surface area contributed by atoms with E-state index >= 15 is 0 Å². The number of rotatable bonds is 3. The molecule has 2 aromatic rings. The van der Waals surface area contributed by atoms with Crippen molar-refractivity contribution in [1.82, 2.24) is 15.3 Å². The van der Waals surface area contributed by atoms with Crippen molar-refractivity contribution in [1.29, 1.82) is 0 Å². The Morgan fingerprint density at radius 1 is 1.45 bits per heavy atom. The van der Waals surface area contributed by atoms with Gasteiger partial charge < -0.3 is 10.6 Å². The standard InChI is InChI=1S/C15H16N4O2S/c1-9-13(11-4-2-3-7-16-11)22-15(18-9)19-14(21)10-5-6-12(20)17-8-10/h2-4,7,10H,5-6,8H2,1H3,(H,17,20)(H,18,19,21). The van der Waals surface area contributed by atoms with Crippen molar-refractivity contribution in [3.05, 3.63) is 30.1 Å². The lowest BCUT2D eigenvalue weighted by Gasteiger charge is -2.20. The molecule has 1 fully saturated rings. The van der Waals surface area contributed by atoms with E-state index in [-0.39, 0.29) is 17.7 Å². The number of nitrogens with zero attached hydrogens (tertiary/aromatic N) is 2. The van der Waals surface area contributed by atoms with Crippen LogP contribution < -0.4 is 10.6 Å². The molecular weight excluding hydrogens is 300 g/mol. The van der Waals surface area contributed by atoms with Gasteiger partial charge in [-0.15, -0.1) is 0 Å². The van der Waals surface area contributed by atoms with E-state index in [0.29, 0.717) is 24.5 Å². The maximum Gasteiger partial charge on any atom is 0.231 e. The summed E-state index contributed by atoms with van der Waals surface area (Å²) < 4.78 is 0. The first-order chi connectivity index (χ1) is 10.6. The highest BCUT2D eigenvalue weighted by Gasteiger charge is 2.25. The molecule has 0 spiro atoms. The molecule has 1 saturated heterocycles. The molecular formula is C15H16N4O2S.